The van der Waals surface area contributed by atoms with Crippen LogP contribution in [0.1, 0.15) is 41.6 Å². The molecule has 21 heavy (non-hydrogen) atoms. The molecule has 1 saturated heterocycles. The average Bonchev–Trinajstić information content (AvgIpc) is 3.06. The Kier molecular flexibility index (Phi) is 3.70. The zero-order valence-electron chi connectivity index (χ0n) is 11.5. The monoisotopic (exact) mass is 314 g/mol. The number of aliphatic hydroxyl groups excluding tert-OH is 1. The van der Waals surface area contributed by atoms with E-state index in [1.165, 1.54) is 4.90 Å². The predicted molar refractivity (Wildman–Crippen MR) is 73.5 cm³/mol. The summed E-state index contributed by atoms with van der Waals surface area (Å²) in [7, 11) is -3.10. The Balaban J connectivity index is 1.77. The highest BCUT2D eigenvalue weighted by atomic mass is 32.2. The van der Waals surface area contributed by atoms with Crippen LogP contribution in [0.2, 0.25) is 0 Å². The lowest BCUT2D eigenvalue weighted by Crippen LogP contribution is -2.43. The Morgan fingerprint density at radius 3 is 2.71 bits per heavy atom. The van der Waals surface area contributed by atoms with Crippen molar-refractivity contribution in [3.8, 4) is 0 Å². The Morgan fingerprint density at radius 1 is 1.38 bits per heavy atom. The SMILES string of the molecule is O=C(c1n[nH]c(C2CC2)n1)N(CCO)C1CCS(=O)(=O)C1. The summed E-state index contributed by atoms with van der Waals surface area (Å²) in [6, 6.07) is -0.405. The highest BCUT2D eigenvalue weighted by Gasteiger charge is 2.36. The Labute approximate surface area is 122 Å². The van der Waals surface area contributed by atoms with Crippen LogP contribution >= 0.6 is 0 Å². The largest absolute Gasteiger partial charge is 0.395 e. The van der Waals surface area contributed by atoms with Crippen LogP contribution in [0.4, 0.5) is 0 Å². The highest BCUT2D eigenvalue weighted by molar-refractivity contribution is 7.91. The molecule has 1 aromatic heterocycles. The summed E-state index contributed by atoms with van der Waals surface area (Å²) >= 11 is 0. The lowest BCUT2D eigenvalue weighted by molar-refractivity contribution is 0.0643. The van der Waals surface area contributed by atoms with Crippen molar-refractivity contribution in [3.63, 3.8) is 0 Å². The van der Waals surface area contributed by atoms with Gasteiger partial charge in [0.1, 0.15) is 5.82 Å². The van der Waals surface area contributed by atoms with Crippen LogP contribution < -0.4 is 0 Å². The fourth-order valence-corrected chi connectivity index (χ4v) is 4.35. The number of carbonyl (C=O) groups is 1. The van der Waals surface area contributed by atoms with E-state index in [1.54, 1.807) is 0 Å². The molecule has 9 heteroatoms. The van der Waals surface area contributed by atoms with Crippen molar-refractivity contribution < 1.29 is 18.3 Å². The van der Waals surface area contributed by atoms with Gasteiger partial charge < -0.3 is 10.0 Å². The molecule has 0 spiro atoms. The van der Waals surface area contributed by atoms with E-state index in [9.17, 15) is 13.2 Å². The smallest absolute Gasteiger partial charge is 0.293 e. The summed E-state index contributed by atoms with van der Waals surface area (Å²) in [4.78, 5) is 18.0. The molecule has 2 aliphatic rings. The third-order valence-electron chi connectivity index (χ3n) is 3.91. The summed E-state index contributed by atoms with van der Waals surface area (Å²) in [5.41, 5.74) is 0. The molecule has 1 aliphatic carbocycles. The van der Waals surface area contributed by atoms with Crippen LogP contribution in [0.25, 0.3) is 0 Å². The van der Waals surface area contributed by atoms with Crippen LogP contribution in [-0.4, -0.2) is 70.2 Å². The molecule has 2 heterocycles. The van der Waals surface area contributed by atoms with Gasteiger partial charge in [0.25, 0.3) is 5.91 Å². The Bertz CT molecular complexity index is 637. The normalized spacial score (nSPS) is 24.1. The molecule has 0 radical (unpaired) electrons. The molecule has 2 fully saturated rings. The van der Waals surface area contributed by atoms with E-state index in [1.807, 2.05) is 0 Å². The van der Waals surface area contributed by atoms with Gasteiger partial charge in [0, 0.05) is 18.5 Å². The zero-order chi connectivity index (χ0) is 15.0. The number of sulfone groups is 1. The fraction of sp³-hybridized carbons (Fsp3) is 0.750. The van der Waals surface area contributed by atoms with Crippen molar-refractivity contribution >= 4 is 15.7 Å². The molecular formula is C12H18N4O4S. The first kappa shape index (κ1) is 14.5. The van der Waals surface area contributed by atoms with Gasteiger partial charge in [0.2, 0.25) is 5.82 Å². The van der Waals surface area contributed by atoms with Gasteiger partial charge in [0.15, 0.2) is 9.84 Å². The number of hydrogen-bond donors (Lipinski definition) is 2. The molecule has 1 aliphatic heterocycles. The average molecular weight is 314 g/mol. The summed E-state index contributed by atoms with van der Waals surface area (Å²) in [6.45, 7) is -0.130. The first-order valence-electron chi connectivity index (χ1n) is 7.05. The van der Waals surface area contributed by atoms with E-state index >= 15 is 0 Å². The number of carbonyl (C=O) groups excluding carboxylic acids is 1. The number of H-pyrrole nitrogens is 1. The topological polar surface area (TPSA) is 116 Å². The molecule has 3 rings (SSSR count). The fourth-order valence-electron chi connectivity index (χ4n) is 2.62. The molecule has 0 bridgehead atoms. The Hall–Kier alpha value is -1.48. The van der Waals surface area contributed by atoms with Crippen molar-refractivity contribution in [2.24, 2.45) is 0 Å². The number of nitrogens with zero attached hydrogens (tertiary/aromatic N) is 3. The standard InChI is InChI=1S/C12H18N4O4S/c17-5-4-16(9-3-6-21(19,20)7-9)12(18)11-13-10(14-15-11)8-1-2-8/h8-9,17H,1-7H2,(H,13,14,15). The van der Waals surface area contributed by atoms with Gasteiger partial charge in [-0.3, -0.25) is 9.89 Å². The second-order valence-corrected chi connectivity index (χ2v) is 7.83. The molecule has 1 atom stereocenters. The lowest BCUT2D eigenvalue weighted by Gasteiger charge is -2.26. The third kappa shape index (κ3) is 3.08. The van der Waals surface area contributed by atoms with Crippen LogP contribution in [0, 0.1) is 0 Å². The maximum Gasteiger partial charge on any atom is 0.293 e. The first-order chi connectivity index (χ1) is 10.00. The lowest BCUT2D eigenvalue weighted by atomic mass is 10.2. The number of rotatable bonds is 5. The molecule has 2 N–H and O–H groups in total. The van der Waals surface area contributed by atoms with Crippen molar-refractivity contribution in [1.29, 1.82) is 0 Å². The van der Waals surface area contributed by atoms with Gasteiger partial charge in [-0.2, -0.15) is 0 Å². The zero-order valence-corrected chi connectivity index (χ0v) is 12.3. The van der Waals surface area contributed by atoms with Crippen LogP contribution in [0.3, 0.4) is 0 Å². The second-order valence-electron chi connectivity index (χ2n) is 5.60. The molecule has 1 aromatic rings. The van der Waals surface area contributed by atoms with Gasteiger partial charge in [-0.1, -0.05) is 0 Å². The predicted octanol–water partition coefficient (Wildman–Crippen LogP) is -0.696. The molecule has 1 amide bonds. The number of hydrogen-bond acceptors (Lipinski definition) is 6. The Morgan fingerprint density at radius 2 is 2.14 bits per heavy atom. The number of aliphatic hydroxyl groups is 1. The number of amides is 1. The van der Waals surface area contributed by atoms with Crippen molar-refractivity contribution in [3.05, 3.63) is 11.6 Å². The van der Waals surface area contributed by atoms with Gasteiger partial charge in [0.05, 0.1) is 18.1 Å². The van der Waals surface area contributed by atoms with Gasteiger partial charge in [-0.25, -0.2) is 13.4 Å². The molecule has 8 nitrogen and oxygen atoms in total. The molecule has 1 unspecified atom stereocenters. The van der Waals surface area contributed by atoms with Gasteiger partial charge in [-0.15, -0.1) is 5.10 Å². The van der Waals surface area contributed by atoms with Crippen LogP contribution in [0.5, 0.6) is 0 Å². The third-order valence-corrected chi connectivity index (χ3v) is 5.66. The quantitative estimate of drug-likeness (QED) is 0.742. The molecule has 116 valence electrons. The molecular weight excluding hydrogens is 296 g/mol. The summed E-state index contributed by atoms with van der Waals surface area (Å²) in [5.74, 6) is 0.717. The second kappa shape index (κ2) is 5.38. The van der Waals surface area contributed by atoms with E-state index < -0.39 is 21.8 Å². The summed E-state index contributed by atoms with van der Waals surface area (Å²) in [5, 5.41) is 15.8. The first-order valence-corrected chi connectivity index (χ1v) is 8.87. The van der Waals surface area contributed by atoms with E-state index in [0.717, 1.165) is 12.8 Å². The maximum absolute atomic E-state index is 12.5. The number of aromatic amines is 1. The van der Waals surface area contributed by atoms with Crippen LogP contribution in [-0.2, 0) is 9.84 Å². The van der Waals surface area contributed by atoms with Crippen molar-refractivity contribution in [1.82, 2.24) is 20.1 Å². The van der Waals surface area contributed by atoms with Gasteiger partial charge >= 0.3 is 0 Å². The summed E-state index contributed by atoms with van der Waals surface area (Å²) in [6.07, 6.45) is 2.49. The van der Waals surface area contributed by atoms with Crippen molar-refractivity contribution in [2.75, 3.05) is 24.7 Å². The van der Waals surface area contributed by atoms with E-state index in [0.29, 0.717) is 18.2 Å². The highest BCUT2D eigenvalue weighted by Crippen LogP contribution is 2.37. The minimum absolute atomic E-state index is 0.0506. The van der Waals surface area contributed by atoms with E-state index in [-0.39, 0.29) is 30.5 Å². The van der Waals surface area contributed by atoms with E-state index in [2.05, 4.69) is 15.2 Å². The number of aromatic nitrogens is 3. The van der Waals surface area contributed by atoms with Crippen molar-refractivity contribution in [2.45, 2.75) is 31.2 Å². The van der Waals surface area contributed by atoms with E-state index in [4.69, 9.17) is 5.11 Å². The van der Waals surface area contributed by atoms with Gasteiger partial charge in [-0.05, 0) is 19.3 Å². The minimum atomic E-state index is -3.10. The van der Waals surface area contributed by atoms with Crippen LogP contribution in [0.15, 0.2) is 0 Å². The number of nitrogens with one attached hydrogen (secondary N) is 1. The summed E-state index contributed by atoms with van der Waals surface area (Å²) < 4.78 is 23.1. The minimum Gasteiger partial charge on any atom is -0.395 e. The molecule has 0 aromatic carbocycles. The maximum atomic E-state index is 12.5. The molecule has 1 saturated carbocycles.